The number of hydrogen-bond donors (Lipinski definition) is 1. The van der Waals surface area contributed by atoms with E-state index in [9.17, 15) is 0 Å². The Bertz CT molecular complexity index is 4540. The second kappa shape index (κ2) is 23.5. The van der Waals surface area contributed by atoms with E-state index in [1.54, 1.807) is 24.8 Å². The number of aromatic nitrogens is 4. The fourth-order valence-corrected chi connectivity index (χ4v) is 12.1. The van der Waals surface area contributed by atoms with Crippen LogP contribution in [-0.2, 0) is 0 Å². The number of para-hydroxylation sites is 6. The predicted molar refractivity (Wildman–Crippen MR) is 359 cm³/mol. The van der Waals surface area contributed by atoms with Crippen molar-refractivity contribution in [2.75, 3.05) is 20.0 Å². The molecule has 9 heteroatoms. The molecule has 8 nitrogen and oxygen atoms in total. The summed E-state index contributed by atoms with van der Waals surface area (Å²) in [5.74, 6) is 1.29. The van der Waals surface area contributed by atoms with Crippen LogP contribution in [-0.4, -0.2) is 19.9 Å². The van der Waals surface area contributed by atoms with Crippen molar-refractivity contribution in [2.45, 2.75) is 0 Å². The second-order valence-corrected chi connectivity index (χ2v) is 21.3. The van der Waals surface area contributed by atoms with Crippen molar-refractivity contribution in [3.8, 4) is 0 Å². The Morgan fingerprint density at radius 1 is 0.247 bits per heavy atom. The fraction of sp³-hybridized carbons (Fsp3) is 0. The summed E-state index contributed by atoms with van der Waals surface area (Å²) >= 11 is 3.73. The number of halogens is 1. The van der Waals surface area contributed by atoms with Gasteiger partial charge in [0.15, 0.2) is 0 Å². The highest BCUT2D eigenvalue weighted by molar-refractivity contribution is 9.10. The summed E-state index contributed by atoms with van der Waals surface area (Å²) in [5.41, 5.74) is 9.77. The monoisotopic (exact) mass is 1160 g/mol. The highest BCUT2D eigenvalue weighted by Gasteiger charge is 2.24. The predicted octanol–water partition coefficient (Wildman–Crippen LogP) is 21.4. The summed E-state index contributed by atoms with van der Waals surface area (Å²) in [6.07, 6.45) is 7.15. The third-order valence-corrected chi connectivity index (χ3v) is 16.0. The molecule has 0 atom stereocenters. The number of nitrogens with one attached hydrogen (secondary N) is 1. The van der Waals surface area contributed by atoms with Gasteiger partial charge < -0.3 is 10.2 Å². The van der Waals surface area contributed by atoms with Crippen LogP contribution < -0.4 is 20.0 Å². The molecule has 16 rings (SSSR count). The van der Waals surface area contributed by atoms with E-state index < -0.39 is 0 Å². The van der Waals surface area contributed by atoms with Gasteiger partial charge in [0.05, 0.1) is 17.1 Å². The van der Waals surface area contributed by atoms with Crippen molar-refractivity contribution in [3.05, 3.63) is 320 Å². The topological polar surface area (TPSA) is 73.3 Å². The second-order valence-electron chi connectivity index (χ2n) is 20.4. The molecule has 0 aliphatic carbocycles. The van der Waals surface area contributed by atoms with Gasteiger partial charge in [-0.25, -0.2) is 19.9 Å². The average molecular weight is 1160 g/mol. The van der Waals surface area contributed by atoms with E-state index in [0.717, 1.165) is 61.0 Å². The van der Waals surface area contributed by atoms with E-state index in [1.165, 1.54) is 59.2 Å². The summed E-state index contributed by atoms with van der Waals surface area (Å²) < 4.78 is 1.11. The molecular formula is C76H53BrN8. The molecule has 0 aliphatic rings. The van der Waals surface area contributed by atoms with Crippen molar-refractivity contribution < 1.29 is 0 Å². The maximum Gasteiger partial charge on any atom is 0.234 e. The van der Waals surface area contributed by atoms with Gasteiger partial charge in [-0.2, -0.15) is 0 Å². The first-order chi connectivity index (χ1) is 42.1. The van der Waals surface area contributed by atoms with Crippen molar-refractivity contribution in [2.24, 2.45) is 0 Å². The third-order valence-electron chi connectivity index (χ3n) is 15.3. The summed E-state index contributed by atoms with van der Waals surface area (Å²) in [6.45, 7) is 0. The molecule has 85 heavy (non-hydrogen) atoms. The van der Waals surface area contributed by atoms with E-state index in [-0.39, 0.29) is 0 Å². The molecular weight excluding hydrogens is 1100 g/mol. The zero-order chi connectivity index (χ0) is 56.9. The van der Waals surface area contributed by atoms with E-state index in [0.29, 0.717) is 11.9 Å². The Kier molecular flexibility index (Phi) is 14.4. The number of anilines is 11. The zero-order valence-corrected chi connectivity index (χ0v) is 47.6. The smallest absolute Gasteiger partial charge is 0.234 e. The molecule has 0 spiro atoms. The van der Waals surface area contributed by atoms with Gasteiger partial charge in [0.2, 0.25) is 11.9 Å². The number of nitrogens with zero attached hydrogens (tertiary/aromatic N) is 7. The van der Waals surface area contributed by atoms with Gasteiger partial charge in [0.1, 0.15) is 0 Å². The molecule has 0 fully saturated rings. The Hall–Kier alpha value is -11.0. The fourth-order valence-electron chi connectivity index (χ4n) is 11.6. The van der Waals surface area contributed by atoms with E-state index in [4.69, 9.17) is 0 Å². The number of benzene rings is 14. The van der Waals surface area contributed by atoms with Gasteiger partial charge in [-0.3, -0.25) is 9.80 Å². The quantitative estimate of drug-likeness (QED) is 0.128. The maximum atomic E-state index is 4.65. The normalized spacial score (nSPS) is 11.1. The lowest BCUT2D eigenvalue weighted by Gasteiger charge is -2.28. The SMILES string of the molecule is Brc1ccc2ccc3c(N(c4ccccc4)c4ncccn4)ccc4ccc1c2c43.c1ccc(N(c2ccccc2)c2ccc3ccc4c(N(c5ccccc5)c5ncccn5)ccc5ccc2c3c54)cc1.c1ccc(Nc2ccccc2)cc1. The van der Waals surface area contributed by atoms with E-state index in [1.807, 2.05) is 97.1 Å². The Morgan fingerprint density at radius 3 is 0.871 bits per heavy atom. The minimum Gasteiger partial charge on any atom is -0.356 e. The lowest BCUT2D eigenvalue weighted by atomic mass is 9.92. The first-order valence-electron chi connectivity index (χ1n) is 28.2. The van der Waals surface area contributed by atoms with Crippen molar-refractivity contribution >= 4 is 144 Å². The summed E-state index contributed by atoms with van der Waals surface area (Å²) in [4.78, 5) is 25.1. The molecule has 404 valence electrons. The molecule has 2 aromatic heterocycles. The van der Waals surface area contributed by atoms with Gasteiger partial charge in [0.25, 0.3) is 0 Å². The average Bonchev–Trinajstić information content (AvgIpc) is 1.90. The van der Waals surface area contributed by atoms with Crippen molar-refractivity contribution in [1.29, 1.82) is 0 Å². The summed E-state index contributed by atoms with van der Waals surface area (Å²) in [5, 5.41) is 18.0. The van der Waals surface area contributed by atoms with Crippen LogP contribution in [0.1, 0.15) is 0 Å². The van der Waals surface area contributed by atoms with Crippen LogP contribution in [0.5, 0.6) is 0 Å². The number of rotatable bonds is 11. The van der Waals surface area contributed by atoms with Crippen LogP contribution in [0.15, 0.2) is 320 Å². The van der Waals surface area contributed by atoms with Gasteiger partial charge in [-0.15, -0.1) is 0 Å². The van der Waals surface area contributed by atoms with Gasteiger partial charge in [-0.1, -0.05) is 198 Å². The van der Waals surface area contributed by atoms with Gasteiger partial charge in [0, 0.05) is 79.5 Å². The molecule has 16 aromatic rings. The van der Waals surface area contributed by atoms with Crippen LogP contribution in [0.25, 0.3) is 64.6 Å². The van der Waals surface area contributed by atoms with Gasteiger partial charge in [-0.05, 0) is 158 Å². The molecule has 0 saturated carbocycles. The Balaban J connectivity index is 0.000000129. The first-order valence-corrected chi connectivity index (χ1v) is 29.0. The lowest BCUT2D eigenvalue weighted by Crippen LogP contribution is -2.13. The summed E-state index contributed by atoms with van der Waals surface area (Å²) in [7, 11) is 0. The van der Waals surface area contributed by atoms with Crippen LogP contribution in [0.4, 0.5) is 63.1 Å². The summed E-state index contributed by atoms with van der Waals surface area (Å²) in [6, 6.07) is 101. The lowest BCUT2D eigenvalue weighted by molar-refractivity contribution is 1.08. The Morgan fingerprint density at radius 2 is 0.518 bits per heavy atom. The minimum atomic E-state index is 0.638. The maximum absolute atomic E-state index is 4.65. The van der Waals surface area contributed by atoms with Crippen molar-refractivity contribution in [3.63, 3.8) is 0 Å². The third kappa shape index (κ3) is 10.3. The largest absolute Gasteiger partial charge is 0.356 e. The van der Waals surface area contributed by atoms with Crippen LogP contribution in [0.2, 0.25) is 0 Å². The molecule has 0 unspecified atom stereocenters. The standard InChI is InChI=1S/C38H26N4.C26H16BrN3.C12H11N/c1-4-11-29(12-5-1)41(30-13-6-2-7-14-30)34-23-19-27-18-22-33-35(24-20-28-17-21-32(34)36(27)37(28)33)42(31-15-8-3-9-16-31)38-39-25-10-26-40-38;27-22-13-9-17-8-12-21-23(14-10-18-7-11-20(22)24(17)25(18)21)30(19-5-2-1-3-6-19)26-28-15-4-16-29-26;1-3-7-11(8-4-1)13-12-9-5-2-6-10-12/h1-26H;1-16H;1-10,13H. The highest BCUT2D eigenvalue weighted by Crippen LogP contribution is 2.48. The van der Waals surface area contributed by atoms with Crippen molar-refractivity contribution in [1.82, 2.24) is 19.9 Å². The number of hydrogen-bond acceptors (Lipinski definition) is 8. The molecule has 0 amide bonds. The minimum absolute atomic E-state index is 0.638. The molecule has 0 bridgehead atoms. The Labute approximate surface area is 501 Å². The molecule has 14 aromatic carbocycles. The van der Waals surface area contributed by atoms with Crippen LogP contribution in [0.3, 0.4) is 0 Å². The van der Waals surface area contributed by atoms with E-state index in [2.05, 4.69) is 250 Å². The molecule has 0 aliphatic heterocycles. The molecule has 0 saturated heterocycles. The highest BCUT2D eigenvalue weighted by atomic mass is 79.9. The van der Waals surface area contributed by atoms with Gasteiger partial charge >= 0.3 is 0 Å². The first kappa shape index (κ1) is 52.1. The zero-order valence-electron chi connectivity index (χ0n) is 46.0. The van der Waals surface area contributed by atoms with Crippen LogP contribution >= 0.6 is 15.9 Å². The molecule has 2 heterocycles. The molecule has 0 radical (unpaired) electrons. The van der Waals surface area contributed by atoms with Crippen LogP contribution in [0, 0.1) is 0 Å². The van der Waals surface area contributed by atoms with E-state index >= 15 is 0 Å². The molecule has 1 N–H and O–H groups in total.